The first-order valence-corrected chi connectivity index (χ1v) is 7.89. The summed E-state index contributed by atoms with van der Waals surface area (Å²) in [5.41, 5.74) is 0. The molecule has 5 nitrogen and oxygen atoms in total. The topological polar surface area (TPSA) is 80.3 Å². The van der Waals surface area contributed by atoms with Crippen LogP contribution in [0.15, 0.2) is 0 Å². The number of Topliss-reactive ketones (excluding diaryl/α,β-unsaturated/α-hetero) is 3. The predicted molar refractivity (Wildman–Crippen MR) is 78.8 cm³/mol. The molecule has 1 aliphatic heterocycles. The van der Waals surface area contributed by atoms with Crippen LogP contribution in [0.3, 0.4) is 0 Å². The molecule has 1 fully saturated rings. The molecule has 0 aromatic rings. The molecule has 0 atom stereocenters. The van der Waals surface area contributed by atoms with Crippen LogP contribution in [0.25, 0.3) is 0 Å². The Morgan fingerprint density at radius 1 is 0.524 bits per heavy atom. The van der Waals surface area contributed by atoms with Gasteiger partial charge in [0.15, 0.2) is 0 Å². The van der Waals surface area contributed by atoms with E-state index < -0.39 is 0 Å². The Labute approximate surface area is 125 Å². The molecule has 1 saturated heterocycles. The van der Waals surface area contributed by atoms with Gasteiger partial charge in [-0.3, -0.25) is 19.2 Å². The van der Waals surface area contributed by atoms with E-state index in [1.165, 1.54) is 0 Å². The second kappa shape index (κ2) is 10.2. The fourth-order valence-corrected chi connectivity index (χ4v) is 2.32. The molecule has 1 N–H and O–H groups in total. The van der Waals surface area contributed by atoms with Gasteiger partial charge in [-0.2, -0.15) is 0 Å². The second-order valence-corrected chi connectivity index (χ2v) is 5.63. The maximum atomic E-state index is 11.6. The van der Waals surface area contributed by atoms with Crippen molar-refractivity contribution in [3.63, 3.8) is 0 Å². The van der Waals surface area contributed by atoms with Crippen molar-refractivity contribution in [3.05, 3.63) is 0 Å². The van der Waals surface area contributed by atoms with E-state index in [9.17, 15) is 19.2 Å². The number of carbonyl (C=O) groups excluding carboxylic acids is 4. The first-order valence-electron chi connectivity index (χ1n) is 7.89. The van der Waals surface area contributed by atoms with Crippen molar-refractivity contribution in [2.45, 2.75) is 70.6 Å². The Balaban J connectivity index is 2.41. The van der Waals surface area contributed by atoms with Gasteiger partial charge >= 0.3 is 0 Å². The number of carbonyl (C=O) groups is 4. The van der Waals surface area contributed by atoms with E-state index in [1.54, 1.807) is 0 Å². The minimum absolute atomic E-state index is 0.0145. The van der Waals surface area contributed by atoms with Crippen LogP contribution in [0.5, 0.6) is 0 Å². The van der Waals surface area contributed by atoms with Crippen molar-refractivity contribution in [2.75, 3.05) is 6.54 Å². The van der Waals surface area contributed by atoms with Crippen LogP contribution in [0, 0.1) is 0 Å². The van der Waals surface area contributed by atoms with Gasteiger partial charge < -0.3 is 5.32 Å². The summed E-state index contributed by atoms with van der Waals surface area (Å²) in [5, 5.41) is 2.73. The number of rotatable bonds is 0. The molecule has 0 aliphatic carbocycles. The Hall–Kier alpha value is -1.52. The zero-order valence-corrected chi connectivity index (χ0v) is 12.6. The highest BCUT2D eigenvalue weighted by Crippen LogP contribution is 2.09. The van der Waals surface area contributed by atoms with Crippen LogP contribution in [0.4, 0.5) is 0 Å². The SMILES string of the molecule is O=C1CCCCCCC(=O)NCCC(=O)CCC(=O)CC1. The summed E-state index contributed by atoms with van der Waals surface area (Å²) in [5.74, 6) is 0.0559. The molecular weight excluding hydrogens is 270 g/mol. The molecule has 0 aromatic carbocycles. The minimum atomic E-state index is -0.0285. The summed E-state index contributed by atoms with van der Waals surface area (Å²) in [6, 6.07) is 0. The van der Waals surface area contributed by atoms with Gasteiger partial charge in [0.1, 0.15) is 17.3 Å². The highest BCUT2D eigenvalue weighted by Gasteiger charge is 2.11. The fraction of sp³-hybridized carbons (Fsp3) is 0.750. The van der Waals surface area contributed by atoms with Crippen LogP contribution in [0.2, 0.25) is 0 Å². The van der Waals surface area contributed by atoms with Gasteiger partial charge in [0.2, 0.25) is 5.91 Å². The monoisotopic (exact) mass is 295 g/mol. The number of hydrogen-bond donors (Lipinski definition) is 1. The number of nitrogens with one attached hydrogen (secondary N) is 1. The van der Waals surface area contributed by atoms with Gasteiger partial charge in [0.25, 0.3) is 0 Å². The van der Waals surface area contributed by atoms with Gasteiger partial charge in [-0.1, -0.05) is 12.8 Å². The second-order valence-electron chi connectivity index (χ2n) is 5.63. The normalized spacial score (nSPS) is 21.7. The van der Waals surface area contributed by atoms with E-state index in [-0.39, 0.29) is 48.9 Å². The van der Waals surface area contributed by atoms with E-state index >= 15 is 0 Å². The Kier molecular flexibility index (Phi) is 8.55. The van der Waals surface area contributed by atoms with Crippen molar-refractivity contribution >= 4 is 23.3 Å². The Morgan fingerprint density at radius 3 is 1.62 bits per heavy atom. The highest BCUT2D eigenvalue weighted by atomic mass is 16.2. The quantitative estimate of drug-likeness (QED) is 0.742. The van der Waals surface area contributed by atoms with Crippen LogP contribution in [0.1, 0.15) is 70.6 Å². The Bertz CT molecular complexity index is 390. The third-order valence-electron chi connectivity index (χ3n) is 3.70. The molecular formula is C16H25NO4. The number of hydrogen-bond acceptors (Lipinski definition) is 4. The lowest BCUT2D eigenvalue weighted by Crippen LogP contribution is -2.25. The summed E-state index contributed by atoms with van der Waals surface area (Å²) >= 11 is 0. The lowest BCUT2D eigenvalue weighted by Gasteiger charge is -2.04. The smallest absolute Gasteiger partial charge is 0.220 e. The summed E-state index contributed by atoms with van der Waals surface area (Å²) in [6.07, 6.45) is 5.74. The lowest BCUT2D eigenvalue weighted by atomic mass is 10.0. The molecule has 118 valence electrons. The van der Waals surface area contributed by atoms with Crippen molar-refractivity contribution < 1.29 is 19.2 Å². The zero-order chi connectivity index (χ0) is 15.5. The fourth-order valence-electron chi connectivity index (χ4n) is 2.32. The molecule has 1 aliphatic rings. The van der Waals surface area contributed by atoms with Crippen LogP contribution in [-0.2, 0) is 19.2 Å². The molecule has 1 heterocycles. The molecule has 0 radical (unpaired) electrons. The molecule has 0 bridgehead atoms. The average Bonchev–Trinajstić information content (AvgIpc) is 2.45. The van der Waals surface area contributed by atoms with Crippen LogP contribution < -0.4 is 5.32 Å². The van der Waals surface area contributed by atoms with Crippen molar-refractivity contribution in [1.29, 1.82) is 0 Å². The first-order chi connectivity index (χ1) is 10.1. The van der Waals surface area contributed by atoms with Gasteiger partial charge in [-0.15, -0.1) is 0 Å². The summed E-state index contributed by atoms with van der Waals surface area (Å²) in [6.45, 7) is 0.352. The molecule has 0 spiro atoms. The van der Waals surface area contributed by atoms with E-state index in [1.807, 2.05) is 0 Å². The summed E-state index contributed by atoms with van der Waals surface area (Å²) < 4.78 is 0. The summed E-state index contributed by atoms with van der Waals surface area (Å²) in [4.78, 5) is 46.3. The summed E-state index contributed by atoms with van der Waals surface area (Å²) in [7, 11) is 0. The first kappa shape index (κ1) is 17.5. The van der Waals surface area contributed by atoms with E-state index in [4.69, 9.17) is 0 Å². The lowest BCUT2D eigenvalue weighted by molar-refractivity contribution is -0.126. The number of ketones is 3. The molecule has 0 unspecified atom stereocenters. The van der Waals surface area contributed by atoms with E-state index in [0.717, 1.165) is 25.7 Å². The Morgan fingerprint density at radius 2 is 1.00 bits per heavy atom. The molecule has 21 heavy (non-hydrogen) atoms. The molecule has 5 heteroatoms. The van der Waals surface area contributed by atoms with E-state index in [2.05, 4.69) is 5.32 Å². The largest absolute Gasteiger partial charge is 0.356 e. The van der Waals surface area contributed by atoms with Gasteiger partial charge in [-0.25, -0.2) is 0 Å². The van der Waals surface area contributed by atoms with Crippen molar-refractivity contribution in [2.24, 2.45) is 0 Å². The van der Waals surface area contributed by atoms with Crippen molar-refractivity contribution in [3.8, 4) is 0 Å². The minimum Gasteiger partial charge on any atom is -0.356 e. The number of amides is 1. The van der Waals surface area contributed by atoms with Crippen LogP contribution in [-0.4, -0.2) is 29.8 Å². The van der Waals surface area contributed by atoms with E-state index in [0.29, 0.717) is 25.8 Å². The predicted octanol–water partition coefficient (Wildman–Crippen LogP) is 2.11. The third-order valence-corrected chi connectivity index (χ3v) is 3.70. The maximum Gasteiger partial charge on any atom is 0.220 e. The van der Waals surface area contributed by atoms with Gasteiger partial charge in [0, 0.05) is 51.5 Å². The third kappa shape index (κ3) is 9.10. The molecule has 0 aromatic heterocycles. The molecule has 1 amide bonds. The standard InChI is InChI=1S/C16H25NO4/c18-13-5-3-1-2-4-6-16(21)17-12-11-15(20)10-9-14(19)8-7-13/h1-12H2,(H,17,21). The average molecular weight is 295 g/mol. The molecule has 0 saturated carbocycles. The van der Waals surface area contributed by atoms with Gasteiger partial charge in [-0.05, 0) is 12.8 Å². The van der Waals surface area contributed by atoms with Crippen molar-refractivity contribution in [1.82, 2.24) is 5.32 Å². The van der Waals surface area contributed by atoms with Gasteiger partial charge in [0.05, 0.1) is 0 Å². The highest BCUT2D eigenvalue weighted by molar-refractivity contribution is 5.89. The zero-order valence-electron chi connectivity index (χ0n) is 12.6. The molecule has 1 rings (SSSR count). The maximum absolute atomic E-state index is 11.6. The van der Waals surface area contributed by atoms with Crippen LogP contribution >= 0.6 is 0 Å².